The summed E-state index contributed by atoms with van der Waals surface area (Å²) in [5, 5.41) is 9.19. The van der Waals surface area contributed by atoms with Crippen LogP contribution in [0.15, 0.2) is 12.1 Å². The van der Waals surface area contributed by atoms with Crippen molar-refractivity contribution in [2.75, 3.05) is 6.79 Å². The minimum Gasteiger partial charge on any atom is -0.481 e. The van der Waals surface area contributed by atoms with Crippen LogP contribution in [0.3, 0.4) is 0 Å². The van der Waals surface area contributed by atoms with E-state index in [1.165, 1.54) is 5.56 Å². The van der Waals surface area contributed by atoms with Crippen LogP contribution in [0.2, 0.25) is 0 Å². The zero-order valence-electron chi connectivity index (χ0n) is 11.9. The Morgan fingerprint density at radius 1 is 1.25 bits per heavy atom. The van der Waals surface area contributed by atoms with Crippen molar-refractivity contribution < 1.29 is 19.4 Å². The molecular formula is C16H20O4. The van der Waals surface area contributed by atoms with E-state index in [2.05, 4.69) is 13.8 Å². The van der Waals surface area contributed by atoms with Crippen LogP contribution in [0.25, 0.3) is 0 Å². The molecule has 1 aromatic rings. The Bertz CT molecular complexity index is 532. The Morgan fingerprint density at radius 2 is 1.85 bits per heavy atom. The fourth-order valence-corrected chi connectivity index (χ4v) is 3.01. The summed E-state index contributed by atoms with van der Waals surface area (Å²) in [6.45, 7) is 4.51. The van der Waals surface area contributed by atoms with Crippen LogP contribution in [0.5, 0.6) is 11.5 Å². The second-order valence-electron chi connectivity index (χ2n) is 6.03. The van der Waals surface area contributed by atoms with Gasteiger partial charge in [-0.15, -0.1) is 0 Å². The predicted octanol–water partition coefficient (Wildman–Crippen LogP) is 3.51. The molecule has 108 valence electrons. The van der Waals surface area contributed by atoms with Gasteiger partial charge in [-0.1, -0.05) is 13.8 Å². The fourth-order valence-electron chi connectivity index (χ4n) is 3.01. The number of carboxylic acids is 1. The van der Waals surface area contributed by atoms with Crippen molar-refractivity contribution in [3.05, 3.63) is 23.3 Å². The third-order valence-corrected chi connectivity index (χ3v) is 4.19. The molecule has 4 nitrogen and oxygen atoms in total. The van der Waals surface area contributed by atoms with E-state index >= 15 is 0 Å². The van der Waals surface area contributed by atoms with E-state index in [4.69, 9.17) is 9.47 Å². The van der Waals surface area contributed by atoms with E-state index in [-0.39, 0.29) is 19.1 Å². The Balaban J connectivity index is 2.03. The van der Waals surface area contributed by atoms with Crippen LogP contribution in [0, 0.1) is 5.92 Å². The van der Waals surface area contributed by atoms with Crippen LogP contribution in [0.4, 0.5) is 0 Å². The lowest BCUT2D eigenvalue weighted by Gasteiger charge is -2.21. The smallest absolute Gasteiger partial charge is 0.303 e. The average molecular weight is 276 g/mol. The quantitative estimate of drug-likeness (QED) is 0.894. The summed E-state index contributed by atoms with van der Waals surface area (Å²) in [6.07, 6.45) is 2.46. The van der Waals surface area contributed by atoms with E-state index in [0.717, 1.165) is 29.9 Å². The summed E-state index contributed by atoms with van der Waals surface area (Å²) in [5.41, 5.74) is 2.32. The zero-order valence-corrected chi connectivity index (χ0v) is 11.9. The van der Waals surface area contributed by atoms with Gasteiger partial charge in [0.05, 0.1) is 6.42 Å². The Morgan fingerprint density at radius 3 is 2.35 bits per heavy atom. The molecule has 1 heterocycles. The van der Waals surface area contributed by atoms with E-state index in [9.17, 15) is 9.90 Å². The van der Waals surface area contributed by atoms with Gasteiger partial charge in [-0.2, -0.15) is 0 Å². The highest BCUT2D eigenvalue weighted by atomic mass is 16.7. The predicted molar refractivity (Wildman–Crippen MR) is 74.4 cm³/mol. The number of rotatable bonds is 5. The number of carboxylic acid groups (broad SMARTS) is 1. The van der Waals surface area contributed by atoms with E-state index in [1.54, 1.807) is 0 Å². The lowest BCUT2D eigenvalue weighted by Crippen LogP contribution is -2.11. The maximum Gasteiger partial charge on any atom is 0.303 e. The van der Waals surface area contributed by atoms with Crippen molar-refractivity contribution in [1.29, 1.82) is 0 Å². The number of ether oxygens (including phenoxy) is 2. The van der Waals surface area contributed by atoms with Gasteiger partial charge in [0.1, 0.15) is 0 Å². The highest BCUT2D eigenvalue weighted by Gasteiger charge is 2.36. The van der Waals surface area contributed by atoms with Gasteiger partial charge >= 0.3 is 5.97 Å². The molecule has 1 aliphatic carbocycles. The van der Waals surface area contributed by atoms with Crippen molar-refractivity contribution in [1.82, 2.24) is 0 Å². The number of fused-ring (bicyclic) bond motifs is 1. The van der Waals surface area contributed by atoms with Gasteiger partial charge in [0.2, 0.25) is 6.79 Å². The van der Waals surface area contributed by atoms with Crippen LogP contribution in [-0.2, 0) is 4.79 Å². The summed E-state index contributed by atoms with van der Waals surface area (Å²) in [6, 6.07) is 4.03. The molecule has 1 fully saturated rings. The van der Waals surface area contributed by atoms with Crippen LogP contribution in [-0.4, -0.2) is 17.9 Å². The second kappa shape index (κ2) is 5.00. The highest BCUT2D eigenvalue weighted by molar-refractivity contribution is 5.68. The summed E-state index contributed by atoms with van der Waals surface area (Å²) < 4.78 is 10.9. The second-order valence-corrected chi connectivity index (χ2v) is 6.03. The first kappa shape index (κ1) is 13.3. The summed E-state index contributed by atoms with van der Waals surface area (Å²) in [5.74, 6) is 1.75. The zero-order chi connectivity index (χ0) is 14.3. The molecule has 0 spiro atoms. The fraction of sp³-hybridized carbons (Fsp3) is 0.562. The van der Waals surface area contributed by atoms with Gasteiger partial charge in [-0.05, 0) is 53.9 Å². The third kappa shape index (κ3) is 2.47. The molecule has 1 saturated carbocycles. The summed E-state index contributed by atoms with van der Waals surface area (Å²) in [7, 11) is 0. The van der Waals surface area contributed by atoms with Crippen molar-refractivity contribution in [2.24, 2.45) is 5.92 Å². The molecule has 0 saturated heterocycles. The average Bonchev–Trinajstić information content (AvgIpc) is 3.12. The van der Waals surface area contributed by atoms with Gasteiger partial charge in [0.15, 0.2) is 11.5 Å². The molecule has 1 unspecified atom stereocenters. The molecule has 0 bridgehead atoms. The molecule has 1 aromatic carbocycles. The molecule has 1 aliphatic heterocycles. The standard InChI is InChI=1S/C16H20O4/c1-9(2)11-5-14-15(20-8-19-14)6-13(11)12(7-16(17)18)10-3-4-10/h5-6,9-10,12H,3-4,7-8H2,1-2H3,(H,17,18). The lowest BCUT2D eigenvalue weighted by atomic mass is 9.84. The molecular weight excluding hydrogens is 256 g/mol. The first-order valence-electron chi connectivity index (χ1n) is 7.21. The topological polar surface area (TPSA) is 55.8 Å². The van der Waals surface area contributed by atoms with Crippen molar-refractivity contribution in [3.63, 3.8) is 0 Å². The first-order chi connectivity index (χ1) is 9.56. The highest BCUT2D eigenvalue weighted by Crippen LogP contribution is 2.49. The maximum atomic E-state index is 11.2. The van der Waals surface area contributed by atoms with Crippen LogP contribution >= 0.6 is 0 Å². The molecule has 0 aromatic heterocycles. The number of aliphatic carboxylic acids is 1. The van der Waals surface area contributed by atoms with Gasteiger partial charge in [-0.3, -0.25) is 4.79 Å². The first-order valence-corrected chi connectivity index (χ1v) is 7.21. The molecule has 1 N–H and O–H groups in total. The van der Waals surface area contributed by atoms with Crippen LogP contribution in [0.1, 0.15) is 56.1 Å². The molecule has 3 rings (SSSR count). The Labute approximate surface area is 118 Å². The van der Waals surface area contributed by atoms with Gasteiger partial charge in [0, 0.05) is 0 Å². The summed E-state index contributed by atoms with van der Waals surface area (Å²) >= 11 is 0. The number of hydrogen-bond donors (Lipinski definition) is 1. The van der Waals surface area contributed by atoms with E-state index < -0.39 is 5.97 Å². The van der Waals surface area contributed by atoms with Crippen molar-refractivity contribution in [2.45, 2.75) is 44.9 Å². The van der Waals surface area contributed by atoms with Crippen molar-refractivity contribution >= 4 is 5.97 Å². The molecule has 0 amide bonds. The SMILES string of the molecule is CC(C)c1cc2c(cc1C(CC(=O)O)C1CC1)OCO2. The normalized spacial score (nSPS) is 18.4. The molecule has 2 aliphatic rings. The minimum atomic E-state index is -0.728. The van der Waals surface area contributed by atoms with E-state index in [1.807, 2.05) is 12.1 Å². The number of benzene rings is 1. The molecule has 1 atom stereocenters. The Hall–Kier alpha value is -1.71. The Kier molecular flexibility index (Phi) is 3.32. The molecule has 4 heteroatoms. The minimum absolute atomic E-state index is 0.0967. The van der Waals surface area contributed by atoms with Crippen LogP contribution < -0.4 is 9.47 Å². The van der Waals surface area contributed by atoms with Gasteiger partial charge in [-0.25, -0.2) is 0 Å². The number of carbonyl (C=O) groups is 1. The van der Waals surface area contributed by atoms with Gasteiger partial charge in [0.25, 0.3) is 0 Å². The van der Waals surface area contributed by atoms with Crippen molar-refractivity contribution in [3.8, 4) is 11.5 Å². The monoisotopic (exact) mass is 276 g/mol. The lowest BCUT2D eigenvalue weighted by molar-refractivity contribution is -0.137. The van der Waals surface area contributed by atoms with Gasteiger partial charge < -0.3 is 14.6 Å². The van der Waals surface area contributed by atoms with E-state index in [0.29, 0.717) is 11.8 Å². The maximum absolute atomic E-state index is 11.2. The molecule has 20 heavy (non-hydrogen) atoms. The third-order valence-electron chi connectivity index (χ3n) is 4.19. The number of hydrogen-bond acceptors (Lipinski definition) is 3. The summed E-state index contributed by atoms with van der Waals surface area (Å²) in [4.78, 5) is 11.2. The largest absolute Gasteiger partial charge is 0.481 e. The molecule has 0 radical (unpaired) electrons.